The van der Waals surface area contributed by atoms with Crippen molar-refractivity contribution in [1.29, 1.82) is 0 Å². The third-order valence-electron chi connectivity index (χ3n) is 4.82. The fourth-order valence-electron chi connectivity index (χ4n) is 3.39. The predicted molar refractivity (Wildman–Crippen MR) is 99.9 cm³/mol. The van der Waals surface area contributed by atoms with Crippen LogP contribution in [-0.4, -0.2) is 37.6 Å². The maximum Gasteiger partial charge on any atom is 0.251 e. The molecule has 1 fully saturated rings. The predicted octanol–water partition coefficient (Wildman–Crippen LogP) is 3.65. The topological polar surface area (TPSA) is 41.6 Å². The quantitative estimate of drug-likeness (QED) is 0.874. The Kier molecular flexibility index (Phi) is 6.07. The highest BCUT2D eigenvalue weighted by molar-refractivity contribution is 5.94. The highest BCUT2D eigenvalue weighted by atomic mass is 16.5. The number of benzene rings is 2. The van der Waals surface area contributed by atoms with Crippen molar-refractivity contribution in [2.75, 3.05) is 26.7 Å². The number of methoxy groups -OCH3 is 1. The standard InChI is InChI=1S/C21H26N2O2/c1-25-19-12-10-17(11-13-19)20(23-14-6-3-7-15-23)16-22-21(24)18-8-4-2-5-9-18/h2,4-5,8-13,20H,3,6-7,14-16H2,1H3,(H,22,24)/t20-/m1/s1. The molecular formula is C21H26N2O2. The van der Waals surface area contributed by atoms with Gasteiger partial charge in [-0.1, -0.05) is 36.8 Å². The van der Waals surface area contributed by atoms with Gasteiger partial charge in [-0.25, -0.2) is 0 Å². The first-order valence-corrected chi connectivity index (χ1v) is 8.99. The maximum atomic E-state index is 12.4. The van der Waals surface area contributed by atoms with E-state index >= 15 is 0 Å². The van der Waals surface area contributed by atoms with Crippen LogP contribution >= 0.6 is 0 Å². The second-order valence-corrected chi connectivity index (χ2v) is 6.46. The molecule has 1 heterocycles. The van der Waals surface area contributed by atoms with Gasteiger partial charge in [0.15, 0.2) is 0 Å². The van der Waals surface area contributed by atoms with E-state index in [1.54, 1.807) is 7.11 Å². The van der Waals surface area contributed by atoms with Crippen molar-refractivity contribution in [1.82, 2.24) is 10.2 Å². The zero-order chi connectivity index (χ0) is 17.5. The molecule has 3 rings (SSSR count). The van der Waals surface area contributed by atoms with E-state index in [1.807, 2.05) is 42.5 Å². The van der Waals surface area contributed by atoms with Crippen molar-refractivity contribution < 1.29 is 9.53 Å². The molecule has 0 spiro atoms. The number of nitrogens with one attached hydrogen (secondary N) is 1. The zero-order valence-electron chi connectivity index (χ0n) is 14.8. The second-order valence-electron chi connectivity index (χ2n) is 6.46. The molecule has 132 valence electrons. The van der Waals surface area contributed by atoms with E-state index in [4.69, 9.17) is 4.74 Å². The average molecular weight is 338 g/mol. The van der Waals surface area contributed by atoms with Crippen LogP contribution in [0.25, 0.3) is 0 Å². The monoisotopic (exact) mass is 338 g/mol. The van der Waals surface area contributed by atoms with Crippen LogP contribution in [0.3, 0.4) is 0 Å². The number of piperidine rings is 1. The van der Waals surface area contributed by atoms with Crippen LogP contribution in [0, 0.1) is 0 Å². The summed E-state index contributed by atoms with van der Waals surface area (Å²) in [5, 5.41) is 3.11. The van der Waals surface area contributed by atoms with E-state index in [2.05, 4.69) is 22.3 Å². The van der Waals surface area contributed by atoms with Gasteiger partial charge < -0.3 is 10.1 Å². The second kappa shape index (κ2) is 8.67. The SMILES string of the molecule is COc1ccc([C@@H](CNC(=O)c2ccccc2)N2CCCCC2)cc1. The molecule has 1 amide bonds. The lowest BCUT2D eigenvalue weighted by Crippen LogP contribution is -2.40. The Morgan fingerprint density at radius 2 is 1.72 bits per heavy atom. The van der Waals surface area contributed by atoms with Gasteiger partial charge >= 0.3 is 0 Å². The Labute approximate surface area is 149 Å². The molecular weight excluding hydrogens is 312 g/mol. The molecule has 0 radical (unpaired) electrons. The molecule has 1 N–H and O–H groups in total. The Morgan fingerprint density at radius 1 is 1.04 bits per heavy atom. The molecule has 0 saturated carbocycles. The molecule has 0 aliphatic carbocycles. The largest absolute Gasteiger partial charge is 0.497 e. The number of ether oxygens (including phenoxy) is 1. The summed E-state index contributed by atoms with van der Waals surface area (Å²) >= 11 is 0. The molecule has 0 bridgehead atoms. The highest BCUT2D eigenvalue weighted by Crippen LogP contribution is 2.26. The number of rotatable bonds is 6. The van der Waals surface area contributed by atoms with E-state index in [0.29, 0.717) is 12.1 Å². The fraction of sp³-hybridized carbons (Fsp3) is 0.381. The Balaban J connectivity index is 1.72. The van der Waals surface area contributed by atoms with Crippen LogP contribution < -0.4 is 10.1 Å². The van der Waals surface area contributed by atoms with E-state index in [-0.39, 0.29) is 11.9 Å². The third-order valence-corrected chi connectivity index (χ3v) is 4.82. The summed E-state index contributed by atoms with van der Waals surface area (Å²) < 4.78 is 5.27. The molecule has 1 atom stereocenters. The molecule has 0 unspecified atom stereocenters. The van der Waals surface area contributed by atoms with Gasteiger partial charge in [0.05, 0.1) is 13.2 Å². The summed E-state index contributed by atoms with van der Waals surface area (Å²) in [5.41, 5.74) is 1.92. The number of hydrogen-bond donors (Lipinski definition) is 1. The van der Waals surface area contributed by atoms with Crippen molar-refractivity contribution in [2.24, 2.45) is 0 Å². The first kappa shape index (κ1) is 17.5. The molecule has 1 aliphatic heterocycles. The molecule has 4 heteroatoms. The van der Waals surface area contributed by atoms with Crippen LogP contribution in [0.4, 0.5) is 0 Å². The van der Waals surface area contributed by atoms with Gasteiger partial charge in [-0.15, -0.1) is 0 Å². The molecule has 4 nitrogen and oxygen atoms in total. The third kappa shape index (κ3) is 4.60. The Morgan fingerprint density at radius 3 is 2.36 bits per heavy atom. The van der Waals surface area contributed by atoms with Crippen molar-refractivity contribution in [3.8, 4) is 5.75 Å². The molecule has 1 aliphatic rings. The minimum Gasteiger partial charge on any atom is -0.497 e. The highest BCUT2D eigenvalue weighted by Gasteiger charge is 2.23. The van der Waals surface area contributed by atoms with Gasteiger partial charge in [0.1, 0.15) is 5.75 Å². The summed E-state index contributed by atoms with van der Waals surface area (Å²) in [6.07, 6.45) is 3.74. The van der Waals surface area contributed by atoms with Gasteiger partial charge in [-0.05, 0) is 55.8 Å². The van der Waals surface area contributed by atoms with E-state index in [1.165, 1.54) is 24.8 Å². The van der Waals surface area contributed by atoms with Crippen LogP contribution in [0.15, 0.2) is 54.6 Å². The van der Waals surface area contributed by atoms with Gasteiger partial charge in [0.2, 0.25) is 0 Å². The number of amides is 1. The minimum atomic E-state index is -0.0175. The summed E-state index contributed by atoms with van der Waals surface area (Å²) in [6.45, 7) is 2.77. The fourth-order valence-corrected chi connectivity index (χ4v) is 3.39. The minimum absolute atomic E-state index is 0.0175. The summed E-state index contributed by atoms with van der Waals surface area (Å²) in [7, 11) is 1.68. The lowest BCUT2D eigenvalue weighted by molar-refractivity contribution is 0.0924. The van der Waals surface area contributed by atoms with Crippen LogP contribution in [0.5, 0.6) is 5.75 Å². The maximum absolute atomic E-state index is 12.4. The molecule has 25 heavy (non-hydrogen) atoms. The van der Waals surface area contributed by atoms with E-state index in [9.17, 15) is 4.79 Å². The zero-order valence-corrected chi connectivity index (χ0v) is 14.8. The van der Waals surface area contributed by atoms with Crippen LogP contribution in [0.2, 0.25) is 0 Å². The van der Waals surface area contributed by atoms with Crippen molar-refractivity contribution in [3.63, 3.8) is 0 Å². The average Bonchev–Trinajstić information content (AvgIpc) is 2.70. The summed E-state index contributed by atoms with van der Waals surface area (Å²) in [5.74, 6) is 0.839. The molecule has 2 aromatic carbocycles. The smallest absolute Gasteiger partial charge is 0.251 e. The lowest BCUT2D eigenvalue weighted by Gasteiger charge is -2.35. The van der Waals surface area contributed by atoms with Gasteiger partial charge in [-0.2, -0.15) is 0 Å². The summed E-state index contributed by atoms with van der Waals surface area (Å²) in [4.78, 5) is 14.9. The first-order valence-electron chi connectivity index (χ1n) is 8.99. The molecule has 0 aromatic heterocycles. The number of nitrogens with zero attached hydrogens (tertiary/aromatic N) is 1. The normalized spacial score (nSPS) is 16.2. The van der Waals surface area contributed by atoms with Crippen molar-refractivity contribution >= 4 is 5.91 Å². The summed E-state index contributed by atoms with van der Waals surface area (Å²) in [6, 6.07) is 17.8. The van der Waals surface area contributed by atoms with Crippen molar-refractivity contribution in [3.05, 3.63) is 65.7 Å². The van der Waals surface area contributed by atoms with E-state index < -0.39 is 0 Å². The van der Waals surface area contributed by atoms with Gasteiger partial charge in [0.25, 0.3) is 5.91 Å². The first-order chi connectivity index (χ1) is 12.3. The van der Waals surface area contributed by atoms with E-state index in [0.717, 1.165) is 18.8 Å². The molecule has 2 aromatic rings. The van der Waals surface area contributed by atoms with Crippen molar-refractivity contribution in [2.45, 2.75) is 25.3 Å². The molecule has 1 saturated heterocycles. The van der Waals surface area contributed by atoms with Crippen LogP contribution in [0.1, 0.15) is 41.2 Å². The number of likely N-dealkylation sites (tertiary alicyclic amines) is 1. The number of hydrogen-bond acceptors (Lipinski definition) is 3. The Bertz CT molecular complexity index is 664. The Hall–Kier alpha value is -2.33. The lowest BCUT2D eigenvalue weighted by atomic mass is 10.0. The van der Waals surface area contributed by atoms with Gasteiger partial charge in [-0.3, -0.25) is 9.69 Å². The number of carbonyl (C=O) groups is 1. The van der Waals surface area contributed by atoms with Crippen LogP contribution in [-0.2, 0) is 0 Å². The van der Waals surface area contributed by atoms with Gasteiger partial charge in [0, 0.05) is 12.1 Å². The number of carbonyl (C=O) groups excluding carboxylic acids is 1.